The lowest BCUT2D eigenvalue weighted by atomic mass is 9.93. The topological polar surface area (TPSA) is 101 Å². The van der Waals surface area contributed by atoms with E-state index in [-0.39, 0.29) is 10.6 Å². The number of piperidine rings is 1. The minimum absolute atomic E-state index is 0.123. The zero-order chi connectivity index (χ0) is 16.7. The molecule has 1 aromatic rings. The fourth-order valence-corrected chi connectivity index (χ4v) is 4.35. The lowest BCUT2D eigenvalue weighted by molar-refractivity contribution is 0.100. The molecule has 0 radical (unpaired) electrons. The Labute approximate surface area is 136 Å². The van der Waals surface area contributed by atoms with Crippen LogP contribution in [0.15, 0.2) is 23.1 Å². The third kappa shape index (κ3) is 3.21. The zero-order valence-electron chi connectivity index (χ0n) is 13.0. The van der Waals surface area contributed by atoms with Crippen molar-refractivity contribution in [3.05, 3.63) is 23.8 Å². The van der Waals surface area contributed by atoms with Crippen LogP contribution in [-0.2, 0) is 9.84 Å². The van der Waals surface area contributed by atoms with Gasteiger partial charge in [0.25, 0.3) is 5.91 Å². The molecule has 2 fully saturated rings. The van der Waals surface area contributed by atoms with Crippen LogP contribution in [0.5, 0.6) is 0 Å². The Balaban J connectivity index is 1.94. The first-order chi connectivity index (χ1) is 10.9. The van der Waals surface area contributed by atoms with Crippen molar-refractivity contribution in [2.75, 3.05) is 30.3 Å². The first kappa shape index (κ1) is 16.3. The quantitative estimate of drug-likeness (QED) is 0.832. The van der Waals surface area contributed by atoms with Gasteiger partial charge < -0.3 is 15.7 Å². The summed E-state index contributed by atoms with van der Waals surface area (Å²) in [5.74, 6) is -0.885. The summed E-state index contributed by atoms with van der Waals surface area (Å²) in [5, 5.41) is 8.92. The van der Waals surface area contributed by atoms with Crippen LogP contribution in [0, 0.1) is 5.41 Å². The molecule has 3 N–H and O–H groups in total. The number of aliphatic hydroxyl groups excluding tert-OH is 1. The van der Waals surface area contributed by atoms with Crippen molar-refractivity contribution in [2.45, 2.75) is 30.6 Å². The standard InChI is InChI=1S/C16H22N2O4S/c17-15(20)13-2-1-12(23(21,22)10-9-19)11-14(13)18-7-5-16(3-4-16)6-8-18/h1-2,11,19H,3-10H2,(H2,17,20). The minimum atomic E-state index is -3.55. The maximum absolute atomic E-state index is 12.2. The largest absolute Gasteiger partial charge is 0.395 e. The normalized spacial score (nSPS) is 19.8. The molecule has 126 valence electrons. The summed E-state index contributed by atoms with van der Waals surface area (Å²) in [4.78, 5) is 13.9. The van der Waals surface area contributed by atoms with Crippen LogP contribution >= 0.6 is 0 Å². The molecule has 1 spiro atoms. The van der Waals surface area contributed by atoms with E-state index >= 15 is 0 Å². The van der Waals surface area contributed by atoms with Crippen molar-refractivity contribution >= 4 is 21.4 Å². The highest BCUT2D eigenvalue weighted by atomic mass is 32.2. The molecule has 1 aliphatic carbocycles. The Morgan fingerprint density at radius 2 is 1.87 bits per heavy atom. The predicted octanol–water partition coefficient (Wildman–Crippen LogP) is 0.932. The molecule has 23 heavy (non-hydrogen) atoms. The Hall–Kier alpha value is -1.60. The van der Waals surface area contributed by atoms with Gasteiger partial charge in [0.15, 0.2) is 9.84 Å². The van der Waals surface area contributed by atoms with Gasteiger partial charge in [-0.05, 0) is 49.3 Å². The first-order valence-electron chi connectivity index (χ1n) is 7.89. The molecular weight excluding hydrogens is 316 g/mol. The van der Waals surface area contributed by atoms with Crippen molar-refractivity contribution < 1.29 is 18.3 Å². The summed E-state index contributed by atoms with van der Waals surface area (Å²) in [6.45, 7) is 1.19. The fraction of sp³-hybridized carbons (Fsp3) is 0.562. The number of hydrogen-bond acceptors (Lipinski definition) is 5. The Kier molecular flexibility index (Phi) is 4.10. The summed E-state index contributed by atoms with van der Waals surface area (Å²) in [7, 11) is -3.55. The van der Waals surface area contributed by atoms with Crippen LogP contribution in [-0.4, -0.2) is 44.9 Å². The Morgan fingerprint density at radius 1 is 1.22 bits per heavy atom. The molecule has 1 saturated carbocycles. The van der Waals surface area contributed by atoms with Gasteiger partial charge in [0, 0.05) is 13.1 Å². The van der Waals surface area contributed by atoms with Gasteiger partial charge in [-0.15, -0.1) is 0 Å². The van der Waals surface area contributed by atoms with Crippen LogP contribution in [0.2, 0.25) is 0 Å². The lowest BCUT2D eigenvalue weighted by Crippen LogP contribution is -2.36. The number of carbonyl (C=O) groups excluding carboxylic acids is 1. The number of benzene rings is 1. The summed E-state index contributed by atoms with van der Waals surface area (Å²) < 4.78 is 24.3. The monoisotopic (exact) mass is 338 g/mol. The summed E-state index contributed by atoms with van der Waals surface area (Å²) in [5.41, 5.74) is 6.88. The number of aliphatic hydroxyl groups is 1. The maximum atomic E-state index is 12.2. The van der Waals surface area contributed by atoms with Crippen LogP contribution in [0.1, 0.15) is 36.0 Å². The third-order valence-corrected chi connectivity index (χ3v) is 6.77. The van der Waals surface area contributed by atoms with E-state index in [1.54, 1.807) is 0 Å². The van der Waals surface area contributed by atoms with Crippen molar-refractivity contribution in [1.82, 2.24) is 0 Å². The molecule has 2 aliphatic rings. The van der Waals surface area contributed by atoms with Crippen molar-refractivity contribution in [2.24, 2.45) is 11.1 Å². The summed E-state index contributed by atoms with van der Waals surface area (Å²) >= 11 is 0. The SMILES string of the molecule is NC(=O)c1ccc(S(=O)(=O)CCO)cc1N1CCC2(CC1)CC2. The molecule has 1 amide bonds. The molecular formula is C16H22N2O4S. The molecule has 1 saturated heterocycles. The fourth-order valence-electron chi connectivity index (χ4n) is 3.31. The van der Waals surface area contributed by atoms with Gasteiger partial charge in [-0.2, -0.15) is 0 Å². The van der Waals surface area contributed by atoms with E-state index in [9.17, 15) is 13.2 Å². The molecule has 1 aromatic carbocycles. The number of primary amides is 1. The van der Waals surface area contributed by atoms with Gasteiger partial charge in [-0.1, -0.05) is 0 Å². The predicted molar refractivity (Wildman–Crippen MR) is 87.2 cm³/mol. The second-order valence-corrected chi connectivity index (χ2v) is 8.68. The maximum Gasteiger partial charge on any atom is 0.250 e. The van der Waals surface area contributed by atoms with E-state index in [2.05, 4.69) is 4.90 Å². The third-order valence-electron chi connectivity index (χ3n) is 5.08. The van der Waals surface area contributed by atoms with Crippen molar-refractivity contribution in [1.29, 1.82) is 0 Å². The summed E-state index contributed by atoms with van der Waals surface area (Å²) in [6, 6.07) is 4.39. The van der Waals surface area contributed by atoms with Crippen LogP contribution < -0.4 is 10.6 Å². The van der Waals surface area contributed by atoms with Crippen molar-refractivity contribution in [3.8, 4) is 0 Å². The summed E-state index contributed by atoms with van der Waals surface area (Å²) in [6.07, 6.45) is 4.68. The smallest absolute Gasteiger partial charge is 0.250 e. The molecule has 1 aliphatic heterocycles. The number of hydrogen-bond donors (Lipinski definition) is 2. The molecule has 0 unspecified atom stereocenters. The number of anilines is 1. The Bertz CT molecular complexity index is 716. The lowest BCUT2D eigenvalue weighted by Gasteiger charge is -2.34. The molecule has 0 aromatic heterocycles. The Morgan fingerprint density at radius 3 is 2.39 bits per heavy atom. The number of nitrogens with two attached hydrogens (primary N) is 1. The van der Waals surface area contributed by atoms with Gasteiger partial charge >= 0.3 is 0 Å². The molecule has 7 heteroatoms. The van der Waals surface area contributed by atoms with Crippen LogP contribution in [0.3, 0.4) is 0 Å². The molecule has 6 nitrogen and oxygen atoms in total. The van der Waals surface area contributed by atoms with E-state index < -0.39 is 22.4 Å². The second-order valence-electron chi connectivity index (χ2n) is 6.57. The van der Waals surface area contributed by atoms with Gasteiger partial charge in [0.2, 0.25) is 0 Å². The van der Waals surface area contributed by atoms with Crippen LogP contribution in [0.4, 0.5) is 5.69 Å². The molecule has 1 heterocycles. The number of rotatable bonds is 5. The number of nitrogens with zero attached hydrogens (tertiary/aromatic N) is 1. The molecule has 0 bridgehead atoms. The van der Waals surface area contributed by atoms with E-state index in [1.807, 2.05) is 0 Å². The van der Waals surface area contributed by atoms with E-state index in [4.69, 9.17) is 10.8 Å². The number of carbonyl (C=O) groups is 1. The van der Waals surface area contributed by atoms with Gasteiger partial charge in [-0.25, -0.2) is 8.42 Å². The highest BCUT2D eigenvalue weighted by Crippen LogP contribution is 2.54. The number of amides is 1. The zero-order valence-corrected chi connectivity index (χ0v) is 13.8. The molecule has 3 rings (SSSR count). The first-order valence-corrected chi connectivity index (χ1v) is 9.55. The average molecular weight is 338 g/mol. The van der Waals surface area contributed by atoms with Crippen molar-refractivity contribution in [3.63, 3.8) is 0 Å². The van der Waals surface area contributed by atoms with Gasteiger partial charge in [0.1, 0.15) is 0 Å². The number of sulfone groups is 1. The van der Waals surface area contributed by atoms with E-state index in [0.717, 1.165) is 25.9 Å². The van der Waals surface area contributed by atoms with Crippen LogP contribution in [0.25, 0.3) is 0 Å². The second kappa shape index (κ2) is 5.79. The highest BCUT2D eigenvalue weighted by Gasteiger charge is 2.44. The molecule has 0 atom stereocenters. The van der Waals surface area contributed by atoms with Gasteiger partial charge in [-0.3, -0.25) is 4.79 Å². The highest BCUT2D eigenvalue weighted by molar-refractivity contribution is 7.91. The minimum Gasteiger partial charge on any atom is -0.395 e. The average Bonchev–Trinajstić information content (AvgIpc) is 3.26. The van der Waals surface area contributed by atoms with E-state index in [1.165, 1.54) is 31.0 Å². The van der Waals surface area contributed by atoms with Gasteiger partial charge in [0.05, 0.1) is 28.5 Å². The van der Waals surface area contributed by atoms with E-state index in [0.29, 0.717) is 16.7 Å².